The number of amides is 1. The maximum Gasteiger partial charge on any atom is 0.407 e. The lowest BCUT2D eigenvalue weighted by Gasteiger charge is -2.23. The van der Waals surface area contributed by atoms with Crippen molar-refractivity contribution in [1.82, 2.24) is 10.6 Å². The normalized spacial score (nSPS) is 14.3. The van der Waals surface area contributed by atoms with Gasteiger partial charge in [-0.25, -0.2) is 9.18 Å². The van der Waals surface area contributed by atoms with Crippen LogP contribution >= 0.6 is 11.6 Å². The number of halogens is 2. The molecule has 0 radical (unpaired) electrons. The van der Waals surface area contributed by atoms with E-state index in [1.807, 2.05) is 34.6 Å². The molecule has 0 saturated heterocycles. The largest absolute Gasteiger partial charge is 0.444 e. The number of ether oxygens (including phenoxy) is 1. The first kappa shape index (κ1) is 18.7. The number of hydrogen-bond donors (Lipinski definition) is 2. The SMILES string of the molecule is CC(CNC(=O)OC(C)(C)C)NC(C)c1ccc(Cl)c(F)c1. The molecule has 2 atom stereocenters. The molecule has 1 aromatic rings. The molecule has 0 aliphatic rings. The highest BCUT2D eigenvalue weighted by atomic mass is 35.5. The fraction of sp³-hybridized carbons (Fsp3) is 0.562. The molecule has 22 heavy (non-hydrogen) atoms. The van der Waals surface area contributed by atoms with Crippen molar-refractivity contribution in [2.24, 2.45) is 0 Å². The molecule has 2 unspecified atom stereocenters. The molecule has 4 nitrogen and oxygen atoms in total. The second-order valence-electron chi connectivity index (χ2n) is 6.35. The molecular formula is C16H24ClFN2O2. The Hall–Kier alpha value is -1.33. The van der Waals surface area contributed by atoms with Crippen LogP contribution in [0.25, 0.3) is 0 Å². The zero-order valence-electron chi connectivity index (χ0n) is 13.7. The Labute approximate surface area is 136 Å². The third kappa shape index (κ3) is 6.62. The molecule has 0 aromatic heterocycles. The van der Waals surface area contributed by atoms with E-state index < -0.39 is 17.5 Å². The van der Waals surface area contributed by atoms with Crippen molar-refractivity contribution in [2.45, 2.75) is 52.3 Å². The van der Waals surface area contributed by atoms with Crippen molar-refractivity contribution in [3.05, 3.63) is 34.6 Å². The summed E-state index contributed by atoms with van der Waals surface area (Å²) < 4.78 is 18.6. The number of rotatable bonds is 5. The second kappa shape index (κ2) is 7.79. The first-order valence-electron chi connectivity index (χ1n) is 7.26. The molecule has 6 heteroatoms. The summed E-state index contributed by atoms with van der Waals surface area (Å²) in [5, 5.41) is 6.09. The molecule has 2 N–H and O–H groups in total. The topological polar surface area (TPSA) is 50.4 Å². The standard InChI is InChI=1S/C16H24ClFN2O2/c1-10(9-19-15(21)22-16(3,4)5)20-11(2)12-6-7-13(17)14(18)8-12/h6-8,10-11,20H,9H2,1-5H3,(H,19,21). The van der Waals surface area contributed by atoms with E-state index >= 15 is 0 Å². The van der Waals surface area contributed by atoms with E-state index in [1.54, 1.807) is 6.07 Å². The van der Waals surface area contributed by atoms with Crippen molar-refractivity contribution in [2.75, 3.05) is 6.54 Å². The third-order valence-corrected chi connectivity index (χ3v) is 3.24. The van der Waals surface area contributed by atoms with Gasteiger partial charge in [-0.2, -0.15) is 0 Å². The summed E-state index contributed by atoms with van der Waals surface area (Å²) in [6.07, 6.45) is -0.452. The highest BCUT2D eigenvalue weighted by Crippen LogP contribution is 2.20. The summed E-state index contributed by atoms with van der Waals surface area (Å²) in [5.74, 6) is -0.438. The number of carbonyl (C=O) groups excluding carboxylic acids is 1. The number of alkyl carbamates (subject to hydrolysis) is 1. The molecule has 1 aromatic carbocycles. The van der Waals surface area contributed by atoms with Crippen LogP contribution in [0.3, 0.4) is 0 Å². The molecule has 124 valence electrons. The van der Waals surface area contributed by atoms with Crippen LogP contribution in [-0.4, -0.2) is 24.3 Å². The van der Waals surface area contributed by atoms with Crippen molar-refractivity contribution >= 4 is 17.7 Å². The third-order valence-electron chi connectivity index (χ3n) is 2.93. The number of carbonyl (C=O) groups is 1. The molecule has 1 amide bonds. The molecular weight excluding hydrogens is 307 g/mol. The lowest BCUT2D eigenvalue weighted by Crippen LogP contribution is -2.41. The van der Waals surface area contributed by atoms with Gasteiger partial charge in [0.1, 0.15) is 11.4 Å². The van der Waals surface area contributed by atoms with Crippen LogP contribution < -0.4 is 10.6 Å². The second-order valence-corrected chi connectivity index (χ2v) is 6.75. The maximum absolute atomic E-state index is 13.5. The average Bonchev–Trinajstić information content (AvgIpc) is 2.37. The van der Waals surface area contributed by atoms with E-state index in [2.05, 4.69) is 10.6 Å². The summed E-state index contributed by atoms with van der Waals surface area (Å²) >= 11 is 5.67. The smallest absolute Gasteiger partial charge is 0.407 e. The van der Waals surface area contributed by atoms with Gasteiger partial charge < -0.3 is 15.4 Å². The highest BCUT2D eigenvalue weighted by molar-refractivity contribution is 6.30. The van der Waals surface area contributed by atoms with Gasteiger partial charge in [0.05, 0.1) is 5.02 Å². The van der Waals surface area contributed by atoms with Gasteiger partial charge in [0, 0.05) is 18.6 Å². The van der Waals surface area contributed by atoms with Gasteiger partial charge in [-0.1, -0.05) is 17.7 Å². The minimum Gasteiger partial charge on any atom is -0.444 e. The Balaban J connectivity index is 2.45. The number of nitrogens with one attached hydrogen (secondary N) is 2. The summed E-state index contributed by atoms with van der Waals surface area (Å²) in [5.41, 5.74) is 0.278. The van der Waals surface area contributed by atoms with E-state index in [0.29, 0.717) is 6.54 Å². The van der Waals surface area contributed by atoms with Crippen LogP contribution in [0.2, 0.25) is 5.02 Å². The van der Waals surface area contributed by atoms with E-state index in [9.17, 15) is 9.18 Å². The Morgan fingerprint density at radius 1 is 1.36 bits per heavy atom. The van der Waals surface area contributed by atoms with Crippen molar-refractivity contribution in [3.8, 4) is 0 Å². The first-order valence-corrected chi connectivity index (χ1v) is 7.64. The molecule has 0 aliphatic heterocycles. The minimum atomic E-state index is -0.519. The number of hydrogen-bond acceptors (Lipinski definition) is 3. The van der Waals surface area contributed by atoms with Gasteiger partial charge in [0.15, 0.2) is 0 Å². The molecule has 0 heterocycles. The lowest BCUT2D eigenvalue weighted by atomic mass is 10.1. The van der Waals surface area contributed by atoms with E-state index in [-0.39, 0.29) is 17.1 Å². The average molecular weight is 331 g/mol. The zero-order valence-corrected chi connectivity index (χ0v) is 14.4. The van der Waals surface area contributed by atoms with Crippen LogP contribution in [0.15, 0.2) is 18.2 Å². The maximum atomic E-state index is 13.5. The van der Waals surface area contributed by atoms with Crippen LogP contribution in [0.4, 0.5) is 9.18 Å². The molecule has 0 bridgehead atoms. The molecule has 0 spiro atoms. The van der Waals surface area contributed by atoms with E-state index in [1.165, 1.54) is 12.1 Å². The summed E-state index contributed by atoms with van der Waals surface area (Å²) in [6, 6.07) is 4.66. The Bertz CT molecular complexity index is 517. The molecule has 0 fully saturated rings. The summed E-state index contributed by atoms with van der Waals surface area (Å²) in [6.45, 7) is 9.70. The van der Waals surface area contributed by atoms with Crippen LogP contribution in [-0.2, 0) is 4.74 Å². The quantitative estimate of drug-likeness (QED) is 0.856. The van der Waals surface area contributed by atoms with Crippen LogP contribution in [0.5, 0.6) is 0 Å². The Morgan fingerprint density at radius 3 is 2.55 bits per heavy atom. The summed E-state index contributed by atoms with van der Waals surface area (Å²) in [4.78, 5) is 11.6. The Kier molecular flexibility index (Phi) is 6.63. The van der Waals surface area contributed by atoms with E-state index in [0.717, 1.165) is 5.56 Å². The fourth-order valence-corrected chi connectivity index (χ4v) is 2.03. The van der Waals surface area contributed by atoms with Crippen LogP contribution in [0.1, 0.15) is 46.2 Å². The van der Waals surface area contributed by atoms with Gasteiger partial charge in [0.25, 0.3) is 0 Å². The van der Waals surface area contributed by atoms with Gasteiger partial charge in [0.2, 0.25) is 0 Å². The van der Waals surface area contributed by atoms with Gasteiger partial charge in [-0.15, -0.1) is 0 Å². The molecule has 1 rings (SSSR count). The van der Waals surface area contributed by atoms with Gasteiger partial charge in [-0.05, 0) is 52.3 Å². The highest BCUT2D eigenvalue weighted by Gasteiger charge is 2.17. The first-order chi connectivity index (χ1) is 10.1. The minimum absolute atomic E-state index is 0.00116. The van der Waals surface area contributed by atoms with Crippen molar-refractivity contribution in [1.29, 1.82) is 0 Å². The zero-order chi connectivity index (χ0) is 16.9. The Morgan fingerprint density at radius 2 is 2.00 bits per heavy atom. The van der Waals surface area contributed by atoms with Crippen molar-refractivity contribution < 1.29 is 13.9 Å². The van der Waals surface area contributed by atoms with Crippen molar-refractivity contribution in [3.63, 3.8) is 0 Å². The monoisotopic (exact) mass is 330 g/mol. The lowest BCUT2D eigenvalue weighted by molar-refractivity contribution is 0.0522. The molecule has 0 saturated carbocycles. The fourth-order valence-electron chi connectivity index (χ4n) is 1.91. The van der Waals surface area contributed by atoms with Gasteiger partial charge in [-0.3, -0.25) is 0 Å². The predicted octanol–water partition coefficient (Wildman–Crippen LogP) is 4.04. The summed E-state index contributed by atoms with van der Waals surface area (Å²) in [7, 11) is 0. The number of benzene rings is 1. The predicted molar refractivity (Wildman–Crippen MR) is 86.7 cm³/mol. The molecule has 0 aliphatic carbocycles. The van der Waals surface area contributed by atoms with Gasteiger partial charge >= 0.3 is 6.09 Å². The van der Waals surface area contributed by atoms with Crippen LogP contribution in [0, 0.1) is 5.82 Å². The van der Waals surface area contributed by atoms with E-state index in [4.69, 9.17) is 16.3 Å².